The summed E-state index contributed by atoms with van der Waals surface area (Å²) in [5.74, 6) is 1.84. The highest BCUT2D eigenvalue weighted by Crippen LogP contribution is 2.36. The van der Waals surface area contributed by atoms with E-state index in [1.807, 2.05) is 68.8 Å². The molecule has 8 heteroatoms. The molecule has 3 N–H and O–H groups in total. The van der Waals surface area contributed by atoms with E-state index in [0.29, 0.717) is 18.2 Å². The number of benzene rings is 3. The summed E-state index contributed by atoms with van der Waals surface area (Å²) in [5, 5.41) is 14.4. The van der Waals surface area contributed by atoms with Gasteiger partial charge in [-0.1, -0.05) is 12.1 Å². The van der Waals surface area contributed by atoms with Gasteiger partial charge in [0.1, 0.15) is 30.3 Å². The van der Waals surface area contributed by atoms with Crippen LogP contribution in [0.5, 0.6) is 11.5 Å². The minimum atomic E-state index is -0.270. The molecule has 0 saturated heterocycles. The molecule has 5 rings (SSSR count). The normalized spacial score (nSPS) is 11.8. The summed E-state index contributed by atoms with van der Waals surface area (Å²) in [6.07, 6.45) is 3.37. The van der Waals surface area contributed by atoms with Crippen LogP contribution < -0.4 is 19.7 Å². The largest absolute Gasteiger partial charge is 0.496 e. The molecule has 2 heterocycles. The van der Waals surface area contributed by atoms with Gasteiger partial charge in [-0.2, -0.15) is 0 Å². The van der Waals surface area contributed by atoms with E-state index in [4.69, 9.17) is 9.47 Å². The minimum absolute atomic E-state index is 0.0694. The molecule has 1 unspecified atom stereocenters. The lowest BCUT2D eigenvalue weighted by molar-refractivity contribution is 0.276. The third-order valence-corrected chi connectivity index (χ3v) is 6.52. The number of aliphatic hydroxyl groups excluding tert-OH is 1. The van der Waals surface area contributed by atoms with Gasteiger partial charge in [0, 0.05) is 54.4 Å². The molecule has 38 heavy (non-hydrogen) atoms. The predicted octanol–water partition coefficient (Wildman–Crippen LogP) is 5.48. The zero-order valence-corrected chi connectivity index (χ0v) is 21.7. The Balaban J connectivity index is 1.35. The molecule has 0 spiro atoms. The number of nitrogens with zero attached hydrogens (tertiary/aromatic N) is 3. The van der Waals surface area contributed by atoms with Gasteiger partial charge in [0.25, 0.3) is 0 Å². The number of methoxy groups -OCH3 is 1. The lowest BCUT2D eigenvalue weighted by atomic mass is 9.94. The molecule has 2 aromatic heterocycles. The maximum absolute atomic E-state index is 10.2. The van der Waals surface area contributed by atoms with Gasteiger partial charge < -0.3 is 29.8 Å². The SMILES string of the molecule is COc1cc2ncnc(Nc3ccc(OCc4ccc(N(C)C)cc4)cc3)c2cc1C(CO)c1ccc[nH]1. The smallest absolute Gasteiger partial charge is 0.141 e. The summed E-state index contributed by atoms with van der Waals surface area (Å²) in [4.78, 5) is 14.2. The first-order valence-electron chi connectivity index (χ1n) is 12.4. The van der Waals surface area contributed by atoms with Crippen molar-refractivity contribution in [2.75, 3.05) is 38.0 Å². The second kappa shape index (κ2) is 11.2. The predicted molar refractivity (Wildman–Crippen MR) is 151 cm³/mol. The molecule has 194 valence electrons. The van der Waals surface area contributed by atoms with Crippen molar-refractivity contribution in [3.05, 3.63) is 102 Å². The number of aliphatic hydroxyl groups is 1. The Morgan fingerprint density at radius 1 is 1.00 bits per heavy atom. The van der Waals surface area contributed by atoms with Gasteiger partial charge in [0.15, 0.2) is 0 Å². The van der Waals surface area contributed by atoms with Gasteiger partial charge in [-0.05, 0) is 60.2 Å². The van der Waals surface area contributed by atoms with Gasteiger partial charge in [0.2, 0.25) is 0 Å². The fraction of sp³-hybridized carbons (Fsp3) is 0.200. The van der Waals surface area contributed by atoms with E-state index in [0.717, 1.165) is 44.8 Å². The van der Waals surface area contributed by atoms with Gasteiger partial charge >= 0.3 is 0 Å². The van der Waals surface area contributed by atoms with Crippen LogP contribution in [0.3, 0.4) is 0 Å². The summed E-state index contributed by atoms with van der Waals surface area (Å²) in [7, 11) is 5.67. The molecule has 0 saturated carbocycles. The van der Waals surface area contributed by atoms with Crippen LogP contribution in [-0.4, -0.2) is 47.9 Å². The minimum Gasteiger partial charge on any atom is -0.496 e. The average Bonchev–Trinajstić information content (AvgIpc) is 3.48. The van der Waals surface area contributed by atoms with Crippen molar-refractivity contribution in [3.8, 4) is 11.5 Å². The zero-order chi connectivity index (χ0) is 26.5. The van der Waals surface area contributed by atoms with Crippen LogP contribution in [-0.2, 0) is 6.61 Å². The standard InChI is InChI=1S/C30H31N5O3/c1-35(2)22-10-6-20(7-11-22)18-38-23-12-8-21(9-13-23)34-30-25-15-24(26(17-36)27-5-4-14-31-27)29(37-3)16-28(25)32-19-33-30/h4-16,19,26,31,36H,17-18H2,1-3H3,(H,32,33,34). The van der Waals surface area contributed by atoms with Crippen LogP contribution >= 0.6 is 0 Å². The van der Waals surface area contributed by atoms with E-state index >= 15 is 0 Å². The number of hydrogen-bond donors (Lipinski definition) is 3. The number of aromatic amines is 1. The molecule has 3 aromatic carbocycles. The molecule has 0 aliphatic rings. The summed E-state index contributed by atoms with van der Waals surface area (Å²) in [5.41, 5.74) is 5.63. The molecular weight excluding hydrogens is 478 g/mol. The maximum Gasteiger partial charge on any atom is 0.141 e. The fourth-order valence-electron chi connectivity index (χ4n) is 4.40. The summed E-state index contributed by atoms with van der Waals surface area (Å²) >= 11 is 0. The molecule has 8 nitrogen and oxygen atoms in total. The second-order valence-corrected chi connectivity index (χ2v) is 9.19. The highest BCUT2D eigenvalue weighted by molar-refractivity contribution is 5.92. The second-order valence-electron chi connectivity index (χ2n) is 9.19. The molecule has 0 aliphatic heterocycles. The van der Waals surface area contributed by atoms with E-state index < -0.39 is 0 Å². The van der Waals surface area contributed by atoms with E-state index in [-0.39, 0.29) is 12.5 Å². The van der Waals surface area contributed by atoms with E-state index in [9.17, 15) is 5.11 Å². The maximum atomic E-state index is 10.2. The van der Waals surface area contributed by atoms with Crippen LogP contribution in [0.1, 0.15) is 22.7 Å². The number of fused-ring (bicyclic) bond motifs is 1. The molecule has 0 fully saturated rings. The van der Waals surface area contributed by atoms with Crippen LogP contribution in [0.25, 0.3) is 10.9 Å². The van der Waals surface area contributed by atoms with E-state index in [1.54, 1.807) is 7.11 Å². The number of anilines is 3. The zero-order valence-electron chi connectivity index (χ0n) is 21.7. The lowest BCUT2D eigenvalue weighted by Crippen LogP contribution is -2.09. The van der Waals surface area contributed by atoms with Crippen molar-refractivity contribution in [1.29, 1.82) is 0 Å². The number of rotatable bonds is 10. The first-order valence-corrected chi connectivity index (χ1v) is 12.4. The van der Waals surface area contributed by atoms with Gasteiger partial charge in [-0.25, -0.2) is 9.97 Å². The topological polar surface area (TPSA) is 95.5 Å². The van der Waals surface area contributed by atoms with Gasteiger partial charge in [-0.3, -0.25) is 0 Å². The van der Waals surface area contributed by atoms with E-state index in [1.165, 1.54) is 6.33 Å². The summed E-state index contributed by atoms with van der Waals surface area (Å²) in [6.45, 7) is 0.425. The molecular formula is C30H31N5O3. The molecule has 0 bridgehead atoms. The van der Waals surface area contributed by atoms with E-state index in [2.05, 4.69) is 49.4 Å². The number of nitrogens with one attached hydrogen (secondary N) is 2. The molecule has 5 aromatic rings. The Kier molecular flexibility index (Phi) is 7.42. The number of aromatic nitrogens is 3. The third-order valence-electron chi connectivity index (χ3n) is 6.52. The Morgan fingerprint density at radius 2 is 1.79 bits per heavy atom. The molecule has 0 aliphatic carbocycles. The Labute approximate surface area is 221 Å². The Bertz CT molecular complexity index is 1480. The van der Waals surface area contributed by atoms with Crippen LogP contribution in [0, 0.1) is 0 Å². The van der Waals surface area contributed by atoms with Crippen molar-refractivity contribution in [2.24, 2.45) is 0 Å². The van der Waals surface area contributed by atoms with Crippen molar-refractivity contribution >= 4 is 28.1 Å². The van der Waals surface area contributed by atoms with Crippen LogP contribution in [0.2, 0.25) is 0 Å². The fourth-order valence-corrected chi connectivity index (χ4v) is 4.40. The van der Waals surface area contributed by atoms with Crippen molar-refractivity contribution < 1.29 is 14.6 Å². The number of hydrogen-bond acceptors (Lipinski definition) is 7. The number of H-pyrrole nitrogens is 1. The van der Waals surface area contributed by atoms with Crippen LogP contribution in [0.15, 0.2) is 85.3 Å². The quantitative estimate of drug-likeness (QED) is 0.229. The third kappa shape index (κ3) is 5.40. The Morgan fingerprint density at radius 3 is 2.45 bits per heavy atom. The highest BCUT2D eigenvalue weighted by Gasteiger charge is 2.21. The summed E-state index contributed by atoms with van der Waals surface area (Å²) in [6, 6.07) is 23.8. The first-order chi connectivity index (χ1) is 18.6. The van der Waals surface area contributed by atoms with Gasteiger partial charge in [0.05, 0.1) is 25.2 Å². The molecule has 1 atom stereocenters. The van der Waals surface area contributed by atoms with Crippen LogP contribution in [0.4, 0.5) is 17.2 Å². The molecule has 0 radical (unpaired) electrons. The average molecular weight is 510 g/mol. The summed E-state index contributed by atoms with van der Waals surface area (Å²) < 4.78 is 11.6. The van der Waals surface area contributed by atoms with Crippen molar-refractivity contribution in [3.63, 3.8) is 0 Å². The lowest BCUT2D eigenvalue weighted by Gasteiger charge is -2.19. The monoisotopic (exact) mass is 509 g/mol. The van der Waals surface area contributed by atoms with Crippen molar-refractivity contribution in [2.45, 2.75) is 12.5 Å². The molecule has 0 amide bonds. The van der Waals surface area contributed by atoms with Crippen molar-refractivity contribution in [1.82, 2.24) is 15.0 Å². The Hall–Kier alpha value is -4.56. The highest BCUT2D eigenvalue weighted by atomic mass is 16.5. The van der Waals surface area contributed by atoms with Gasteiger partial charge in [-0.15, -0.1) is 0 Å². The number of ether oxygens (including phenoxy) is 2. The first kappa shape index (κ1) is 25.1.